The van der Waals surface area contributed by atoms with E-state index in [0.717, 1.165) is 18.2 Å². The highest BCUT2D eigenvalue weighted by Gasteiger charge is 2.21. The molecule has 0 heterocycles. The molecular weight excluding hydrogens is 224 g/mol. The zero-order valence-corrected chi connectivity index (χ0v) is 10.0. The van der Waals surface area contributed by atoms with Crippen LogP contribution in [0, 0.1) is 5.92 Å². The van der Waals surface area contributed by atoms with Crippen LogP contribution in [0.1, 0.15) is 12.8 Å². The lowest BCUT2D eigenvalue weighted by Crippen LogP contribution is -2.09. The van der Waals surface area contributed by atoms with E-state index in [9.17, 15) is 8.42 Å². The molecule has 0 bridgehead atoms. The predicted molar refractivity (Wildman–Crippen MR) is 65.2 cm³/mol. The lowest BCUT2D eigenvalue weighted by molar-refractivity contribution is 0.602. The third kappa shape index (κ3) is 2.47. The number of benzene rings is 1. The fraction of sp³-hybridized carbons (Fsp3) is 0.455. The number of rotatable bonds is 4. The molecule has 1 aromatic carbocycles. The van der Waals surface area contributed by atoms with Crippen molar-refractivity contribution in [3.8, 4) is 0 Å². The maximum Gasteiger partial charge on any atom is 0.177 e. The lowest BCUT2D eigenvalue weighted by Gasteiger charge is -2.11. The van der Waals surface area contributed by atoms with Crippen molar-refractivity contribution in [1.82, 2.24) is 0 Å². The van der Waals surface area contributed by atoms with Gasteiger partial charge in [0.2, 0.25) is 0 Å². The number of hydrogen-bond donors (Lipinski definition) is 2. The zero-order chi connectivity index (χ0) is 11.8. The Labute approximate surface area is 95.8 Å². The monoisotopic (exact) mass is 240 g/mol. The average molecular weight is 240 g/mol. The number of hydrogen-bond acceptors (Lipinski definition) is 4. The molecule has 0 unspecified atom stereocenters. The predicted octanol–water partition coefficient (Wildman–Crippen LogP) is 1.49. The molecule has 0 radical (unpaired) electrons. The van der Waals surface area contributed by atoms with Gasteiger partial charge in [-0.3, -0.25) is 0 Å². The summed E-state index contributed by atoms with van der Waals surface area (Å²) in [6, 6.07) is 5.06. The normalized spacial score (nSPS) is 16.1. The second-order valence-electron chi connectivity index (χ2n) is 4.31. The molecule has 1 aliphatic rings. The van der Waals surface area contributed by atoms with Gasteiger partial charge in [0.05, 0.1) is 16.3 Å². The molecule has 16 heavy (non-hydrogen) atoms. The summed E-state index contributed by atoms with van der Waals surface area (Å²) in [4.78, 5) is 0.202. The van der Waals surface area contributed by atoms with Crippen molar-refractivity contribution in [1.29, 1.82) is 0 Å². The summed E-state index contributed by atoms with van der Waals surface area (Å²) < 4.78 is 22.9. The van der Waals surface area contributed by atoms with Gasteiger partial charge in [-0.15, -0.1) is 0 Å². The molecule has 3 N–H and O–H groups in total. The van der Waals surface area contributed by atoms with Crippen molar-refractivity contribution in [2.45, 2.75) is 17.7 Å². The highest BCUT2D eigenvalue weighted by Crippen LogP contribution is 2.31. The first-order valence-electron chi connectivity index (χ1n) is 5.31. The Hall–Kier alpha value is -1.23. The van der Waals surface area contributed by atoms with Crippen LogP contribution in [0.2, 0.25) is 0 Å². The molecule has 0 amide bonds. The van der Waals surface area contributed by atoms with Crippen molar-refractivity contribution in [3.05, 3.63) is 18.2 Å². The van der Waals surface area contributed by atoms with Crippen LogP contribution in [0.15, 0.2) is 23.1 Å². The fourth-order valence-corrected chi connectivity index (χ4v) is 2.43. The van der Waals surface area contributed by atoms with Gasteiger partial charge in [-0.1, -0.05) is 6.07 Å². The molecule has 1 fully saturated rings. The van der Waals surface area contributed by atoms with E-state index in [1.807, 2.05) is 6.07 Å². The van der Waals surface area contributed by atoms with Gasteiger partial charge in [-0.05, 0) is 30.9 Å². The summed E-state index contributed by atoms with van der Waals surface area (Å²) in [7, 11) is -3.24. The highest BCUT2D eigenvalue weighted by molar-refractivity contribution is 7.90. The molecule has 0 aromatic heterocycles. The van der Waals surface area contributed by atoms with Crippen LogP contribution in [-0.2, 0) is 9.84 Å². The number of nitrogen functional groups attached to an aromatic ring is 1. The van der Waals surface area contributed by atoms with Crippen LogP contribution in [0.4, 0.5) is 11.4 Å². The van der Waals surface area contributed by atoms with Crippen molar-refractivity contribution < 1.29 is 8.42 Å². The number of anilines is 2. The Balaban J connectivity index is 2.24. The summed E-state index contributed by atoms with van der Waals surface area (Å²) in [5, 5.41) is 3.20. The molecular formula is C11H16N2O2S. The van der Waals surface area contributed by atoms with Crippen molar-refractivity contribution in [2.75, 3.05) is 23.9 Å². The van der Waals surface area contributed by atoms with Gasteiger partial charge in [-0.25, -0.2) is 8.42 Å². The summed E-state index contributed by atoms with van der Waals surface area (Å²) >= 11 is 0. The van der Waals surface area contributed by atoms with Crippen LogP contribution < -0.4 is 11.1 Å². The van der Waals surface area contributed by atoms with Gasteiger partial charge in [-0.2, -0.15) is 0 Å². The first-order valence-corrected chi connectivity index (χ1v) is 7.20. The van der Waals surface area contributed by atoms with Crippen LogP contribution >= 0.6 is 0 Å². The minimum Gasteiger partial charge on any atom is -0.396 e. The van der Waals surface area contributed by atoms with Crippen LogP contribution in [0.3, 0.4) is 0 Å². The maximum atomic E-state index is 11.4. The van der Waals surface area contributed by atoms with E-state index in [-0.39, 0.29) is 4.90 Å². The van der Waals surface area contributed by atoms with E-state index >= 15 is 0 Å². The Morgan fingerprint density at radius 3 is 2.69 bits per heavy atom. The van der Waals surface area contributed by atoms with Crippen molar-refractivity contribution in [2.24, 2.45) is 5.92 Å². The third-order valence-electron chi connectivity index (χ3n) is 2.74. The van der Waals surface area contributed by atoms with Crippen molar-refractivity contribution >= 4 is 21.2 Å². The molecule has 1 aliphatic carbocycles. The second kappa shape index (κ2) is 3.97. The van der Waals surface area contributed by atoms with Crippen molar-refractivity contribution in [3.63, 3.8) is 0 Å². The van der Waals surface area contributed by atoms with E-state index in [2.05, 4.69) is 5.32 Å². The Kier molecular flexibility index (Phi) is 2.80. The van der Waals surface area contributed by atoms with E-state index in [0.29, 0.717) is 5.69 Å². The molecule has 0 spiro atoms. The largest absolute Gasteiger partial charge is 0.396 e. The molecule has 88 valence electrons. The van der Waals surface area contributed by atoms with Gasteiger partial charge in [0.15, 0.2) is 9.84 Å². The molecule has 0 aliphatic heterocycles. The number of nitrogens with one attached hydrogen (secondary N) is 1. The molecule has 4 nitrogen and oxygen atoms in total. The third-order valence-corrected chi connectivity index (χ3v) is 3.90. The lowest BCUT2D eigenvalue weighted by atomic mass is 10.2. The molecule has 0 saturated heterocycles. The first-order chi connectivity index (χ1) is 7.48. The topological polar surface area (TPSA) is 72.2 Å². The van der Waals surface area contributed by atoms with E-state index < -0.39 is 9.84 Å². The number of nitrogens with two attached hydrogens (primary N) is 1. The van der Waals surface area contributed by atoms with Gasteiger partial charge >= 0.3 is 0 Å². The Morgan fingerprint density at radius 1 is 1.44 bits per heavy atom. The second-order valence-corrected chi connectivity index (χ2v) is 6.30. The number of sulfone groups is 1. The van der Waals surface area contributed by atoms with Gasteiger partial charge in [0.25, 0.3) is 0 Å². The Morgan fingerprint density at radius 2 is 2.12 bits per heavy atom. The summed E-state index contributed by atoms with van der Waals surface area (Å²) in [5.74, 6) is 0.723. The SMILES string of the molecule is CS(=O)(=O)c1cccc(NCC2CC2)c1N. The molecule has 2 rings (SSSR count). The quantitative estimate of drug-likeness (QED) is 0.782. The minimum absolute atomic E-state index is 0.202. The van der Waals surface area contributed by atoms with Crippen LogP contribution in [-0.4, -0.2) is 21.2 Å². The summed E-state index contributed by atoms with van der Waals surface area (Å²) in [5.41, 5.74) is 6.88. The van der Waals surface area contributed by atoms with Gasteiger partial charge in [0.1, 0.15) is 0 Å². The molecule has 1 saturated carbocycles. The smallest absolute Gasteiger partial charge is 0.177 e. The maximum absolute atomic E-state index is 11.4. The standard InChI is InChI=1S/C11H16N2O2S/c1-16(14,15)10-4-2-3-9(11(10)12)13-7-8-5-6-8/h2-4,8,13H,5-7,12H2,1H3. The van der Waals surface area contributed by atoms with E-state index in [4.69, 9.17) is 5.73 Å². The fourth-order valence-electron chi connectivity index (χ4n) is 1.60. The minimum atomic E-state index is -3.24. The number of para-hydroxylation sites is 1. The highest BCUT2D eigenvalue weighted by atomic mass is 32.2. The van der Waals surface area contributed by atoms with Gasteiger partial charge in [0, 0.05) is 12.8 Å². The first kappa shape index (κ1) is 11.3. The molecule has 0 atom stereocenters. The van der Waals surface area contributed by atoms with Gasteiger partial charge < -0.3 is 11.1 Å². The van der Waals surface area contributed by atoms with E-state index in [1.165, 1.54) is 25.2 Å². The molecule has 5 heteroatoms. The van der Waals surface area contributed by atoms with E-state index in [1.54, 1.807) is 6.07 Å². The summed E-state index contributed by atoms with van der Waals surface area (Å²) in [6.45, 7) is 0.872. The zero-order valence-electron chi connectivity index (χ0n) is 9.23. The van der Waals surface area contributed by atoms with Crippen LogP contribution in [0.25, 0.3) is 0 Å². The average Bonchev–Trinajstić information content (AvgIpc) is 2.98. The summed E-state index contributed by atoms with van der Waals surface area (Å²) in [6.07, 6.45) is 3.67. The Bertz CT molecular complexity index is 493. The van der Waals surface area contributed by atoms with Crippen LogP contribution in [0.5, 0.6) is 0 Å². The molecule has 1 aromatic rings.